The Balaban J connectivity index is 2.05. The third-order valence-electron chi connectivity index (χ3n) is 3.43. The van der Waals surface area contributed by atoms with Crippen molar-refractivity contribution in [2.75, 3.05) is 20.1 Å². The van der Waals surface area contributed by atoms with Crippen LogP contribution in [0.3, 0.4) is 0 Å². The van der Waals surface area contributed by atoms with Crippen molar-refractivity contribution in [3.05, 3.63) is 36.0 Å². The summed E-state index contributed by atoms with van der Waals surface area (Å²) in [5.41, 5.74) is 2.77. The second-order valence-corrected chi connectivity index (χ2v) is 5.00. The summed E-state index contributed by atoms with van der Waals surface area (Å²) in [6.07, 6.45) is 4.65. The van der Waals surface area contributed by atoms with Gasteiger partial charge in [0.25, 0.3) is 0 Å². The first-order valence-electron chi connectivity index (χ1n) is 7.29. The summed E-state index contributed by atoms with van der Waals surface area (Å²) >= 11 is 0. The van der Waals surface area contributed by atoms with Gasteiger partial charge in [-0.1, -0.05) is 25.1 Å². The molecular formula is C16H25N3. The van der Waals surface area contributed by atoms with Crippen molar-refractivity contribution >= 4 is 10.9 Å². The molecule has 0 aliphatic heterocycles. The first kappa shape index (κ1) is 14.1. The summed E-state index contributed by atoms with van der Waals surface area (Å²) in [5.74, 6) is 0. The van der Waals surface area contributed by atoms with Gasteiger partial charge in [0.15, 0.2) is 0 Å². The molecule has 0 fully saturated rings. The maximum absolute atomic E-state index is 3.53. The SMILES string of the molecule is CCCn1cc(CNCCCNC)c2ccccc21. The second kappa shape index (κ2) is 7.31. The van der Waals surface area contributed by atoms with Gasteiger partial charge in [0, 0.05) is 30.2 Å². The number of nitrogens with zero attached hydrogens (tertiary/aromatic N) is 1. The number of hydrogen-bond acceptors (Lipinski definition) is 2. The van der Waals surface area contributed by atoms with Crippen LogP contribution in [0.2, 0.25) is 0 Å². The minimum absolute atomic E-state index is 0.959. The fraction of sp³-hybridized carbons (Fsp3) is 0.500. The van der Waals surface area contributed by atoms with Crippen LogP contribution in [0.15, 0.2) is 30.5 Å². The van der Waals surface area contributed by atoms with Crippen molar-refractivity contribution < 1.29 is 0 Å². The minimum Gasteiger partial charge on any atom is -0.347 e. The lowest BCUT2D eigenvalue weighted by atomic mass is 10.2. The number of aromatic nitrogens is 1. The van der Waals surface area contributed by atoms with E-state index in [1.165, 1.54) is 29.3 Å². The Morgan fingerprint density at radius 1 is 1.16 bits per heavy atom. The van der Waals surface area contributed by atoms with Crippen molar-refractivity contribution in [2.45, 2.75) is 32.9 Å². The van der Waals surface area contributed by atoms with Crippen LogP contribution in [-0.2, 0) is 13.1 Å². The third-order valence-corrected chi connectivity index (χ3v) is 3.43. The molecule has 104 valence electrons. The number of fused-ring (bicyclic) bond motifs is 1. The summed E-state index contributed by atoms with van der Waals surface area (Å²) in [5, 5.41) is 8.09. The van der Waals surface area contributed by atoms with Crippen molar-refractivity contribution in [3.8, 4) is 0 Å². The number of hydrogen-bond donors (Lipinski definition) is 2. The normalized spacial score (nSPS) is 11.3. The lowest BCUT2D eigenvalue weighted by molar-refractivity contribution is 0.624. The Bertz CT molecular complexity index is 502. The van der Waals surface area contributed by atoms with Gasteiger partial charge in [-0.3, -0.25) is 0 Å². The van der Waals surface area contributed by atoms with Gasteiger partial charge in [-0.05, 0) is 44.6 Å². The predicted octanol–water partition coefficient (Wildman–Crippen LogP) is 2.75. The maximum Gasteiger partial charge on any atom is 0.0483 e. The maximum atomic E-state index is 3.53. The van der Waals surface area contributed by atoms with Gasteiger partial charge in [0.2, 0.25) is 0 Å². The van der Waals surface area contributed by atoms with Gasteiger partial charge in [0.1, 0.15) is 0 Å². The van der Waals surface area contributed by atoms with Crippen LogP contribution >= 0.6 is 0 Å². The number of aryl methyl sites for hydroxylation is 1. The molecule has 0 unspecified atom stereocenters. The van der Waals surface area contributed by atoms with Crippen LogP contribution in [0, 0.1) is 0 Å². The van der Waals surface area contributed by atoms with Crippen LogP contribution < -0.4 is 10.6 Å². The van der Waals surface area contributed by atoms with E-state index < -0.39 is 0 Å². The highest BCUT2D eigenvalue weighted by molar-refractivity contribution is 5.83. The Hall–Kier alpha value is -1.32. The van der Waals surface area contributed by atoms with E-state index in [0.29, 0.717) is 0 Å². The molecule has 0 amide bonds. The average molecular weight is 259 g/mol. The van der Waals surface area contributed by atoms with E-state index in [1.54, 1.807) is 0 Å². The first-order valence-corrected chi connectivity index (χ1v) is 7.29. The van der Waals surface area contributed by atoms with E-state index in [4.69, 9.17) is 0 Å². The topological polar surface area (TPSA) is 29.0 Å². The fourth-order valence-electron chi connectivity index (χ4n) is 2.50. The molecule has 1 aromatic carbocycles. The number of nitrogens with one attached hydrogen (secondary N) is 2. The molecular weight excluding hydrogens is 234 g/mol. The molecule has 1 aromatic heterocycles. The summed E-state index contributed by atoms with van der Waals surface area (Å²) in [6, 6.07) is 8.70. The van der Waals surface area contributed by atoms with Gasteiger partial charge in [-0.2, -0.15) is 0 Å². The highest BCUT2D eigenvalue weighted by Gasteiger charge is 2.06. The molecule has 0 aliphatic carbocycles. The molecule has 1 heterocycles. The van der Waals surface area contributed by atoms with Crippen molar-refractivity contribution in [1.82, 2.24) is 15.2 Å². The zero-order valence-corrected chi connectivity index (χ0v) is 12.1. The van der Waals surface area contributed by atoms with Crippen LogP contribution in [-0.4, -0.2) is 24.7 Å². The van der Waals surface area contributed by atoms with E-state index in [1.807, 2.05) is 7.05 Å². The molecule has 0 saturated heterocycles. The van der Waals surface area contributed by atoms with Gasteiger partial charge in [-0.25, -0.2) is 0 Å². The fourth-order valence-corrected chi connectivity index (χ4v) is 2.50. The zero-order valence-electron chi connectivity index (χ0n) is 12.1. The van der Waals surface area contributed by atoms with E-state index in [9.17, 15) is 0 Å². The molecule has 0 aliphatic rings. The Labute approximate surface area is 116 Å². The van der Waals surface area contributed by atoms with Gasteiger partial charge in [-0.15, -0.1) is 0 Å². The second-order valence-electron chi connectivity index (χ2n) is 5.00. The van der Waals surface area contributed by atoms with Crippen LogP contribution in [0.5, 0.6) is 0 Å². The minimum atomic E-state index is 0.959. The number of rotatable bonds is 8. The molecule has 0 bridgehead atoms. The van der Waals surface area contributed by atoms with Crippen LogP contribution in [0.1, 0.15) is 25.3 Å². The van der Waals surface area contributed by atoms with E-state index in [2.05, 4.69) is 52.6 Å². The number of para-hydroxylation sites is 1. The quantitative estimate of drug-likeness (QED) is 0.714. The highest BCUT2D eigenvalue weighted by Crippen LogP contribution is 2.21. The average Bonchev–Trinajstić information content (AvgIpc) is 2.78. The Morgan fingerprint density at radius 2 is 2.00 bits per heavy atom. The molecule has 2 rings (SSSR count). The van der Waals surface area contributed by atoms with Crippen LogP contribution in [0.25, 0.3) is 10.9 Å². The zero-order chi connectivity index (χ0) is 13.5. The third kappa shape index (κ3) is 3.58. The summed E-state index contributed by atoms with van der Waals surface area (Å²) < 4.78 is 2.37. The van der Waals surface area contributed by atoms with E-state index in [-0.39, 0.29) is 0 Å². The molecule has 0 radical (unpaired) electrons. The molecule has 3 nitrogen and oxygen atoms in total. The van der Waals surface area contributed by atoms with Crippen molar-refractivity contribution in [1.29, 1.82) is 0 Å². The lowest BCUT2D eigenvalue weighted by Crippen LogP contribution is -2.19. The summed E-state index contributed by atoms with van der Waals surface area (Å²) in [7, 11) is 2.00. The summed E-state index contributed by atoms with van der Waals surface area (Å²) in [6.45, 7) is 6.42. The van der Waals surface area contributed by atoms with Gasteiger partial charge < -0.3 is 15.2 Å². The smallest absolute Gasteiger partial charge is 0.0483 e. The molecule has 0 atom stereocenters. The standard InChI is InChI=1S/C16H25N3/c1-3-11-19-13-14(12-18-10-6-9-17-2)15-7-4-5-8-16(15)19/h4-5,7-8,13,17-18H,3,6,9-12H2,1-2H3. The molecule has 19 heavy (non-hydrogen) atoms. The van der Waals surface area contributed by atoms with Gasteiger partial charge in [0.05, 0.1) is 0 Å². The predicted molar refractivity (Wildman–Crippen MR) is 82.5 cm³/mol. The van der Waals surface area contributed by atoms with Crippen molar-refractivity contribution in [3.63, 3.8) is 0 Å². The molecule has 0 spiro atoms. The van der Waals surface area contributed by atoms with E-state index in [0.717, 1.165) is 26.2 Å². The lowest BCUT2D eigenvalue weighted by Gasteiger charge is -2.03. The molecule has 0 saturated carbocycles. The monoisotopic (exact) mass is 259 g/mol. The Morgan fingerprint density at radius 3 is 2.79 bits per heavy atom. The highest BCUT2D eigenvalue weighted by atomic mass is 15.0. The van der Waals surface area contributed by atoms with E-state index >= 15 is 0 Å². The number of benzene rings is 1. The van der Waals surface area contributed by atoms with Crippen molar-refractivity contribution in [2.24, 2.45) is 0 Å². The molecule has 2 N–H and O–H groups in total. The Kier molecular flexibility index (Phi) is 5.43. The molecule has 3 heteroatoms. The largest absolute Gasteiger partial charge is 0.347 e. The van der Waals surface area contributed by atoms with Crippen LogP contribution in [0.4, 0.5) is 0 Å². The van der Waals surface area contributed by atoms with Gasteiger partial charge >= 0.3 is 0 Å². The molecule has 2 aromatic rings. The first-order chi connectivity index (χ1) is 9.36. The summed E-state index contributed by atoms with van der Waals surface area (Å²) in [4.78, 5) is 0.